The van der Waals surface area contributed by atoms with Crippen LogP contribution >= 0.6 is 0 Å². The Morgan fingerprint density at radius 2 is 1.61 bits per heavy atom. The summed E-state index contributed by atoms with van der Waals surface area (Å²) in [6.07, 6.45) is 0.135. The number of benzene rings is 2. The molecule has 0 aromatic heterocycles. The summed E-state index contributed by atoms with van der Waals surface area (Å²) in [5.74, 6) is 0.225. The number of anilines is 3. The average Bonchev–Trinajstić information content (AvgIpc) is 3.02. The minimum absolute atomic E-state index is 0.135. The Morgan fingerprint density at radius 3 is 2.25 bits per heavy atom. The molecule has 2 aromatic rings. The second kappa shape index (κ2) is 7.90. The van der Waals surface area contributed by atoms with Gasteiger partial charge in [0.1, 0.15) is 11.8 Å². The number of nitrogens with one attached hydrogen (secondary N) is 1. The monoisotopic (exact) mass is 381 g/mol. The van der Waals surface area contributed by atoms with Crippen LogP contribution in [0.2, 0.25) is 0 Å². The number of methoxy groups -OCH3 is 1. The van der Waals surface area contributed by atoms with Gasteiger partial charge in [0.25, 0.3) is 5.91 Å². The second-order valence-corrected chi connectivity index (χ2v) is 6.81. The number of nitrogens with zero attached hydrogens (tertiary/aromatic N) is 2. The first-order valence-electron chi connectivity index (χ1n) is 9.36. The van der Waals surface area contributed by atoms with Crippen LogP contribution < -0.4 is 19.9 Å². The standard InChI is InChI=1S/C21H23N3O4/c1-27-18-8-6-17(7-9-18)24-20(25)14-19(21(24)26)22-15-2-4-16(5-3-15)23-10-12-28-13-11-23/h2-9,19,22H,10-14H2,1H3. The van der Waals surface area contributed by atoms with E-state index in [0.29, 0.717) is 11.4 Å². The summed E-state index contributed by atoms with van der Waals surface area (Å²) in [5, 5.41) is 3.19. The highest BCUT2D eigenvalue weighted by atomic mass is 16.5. The van der Waals surface area contributed by atoms with E-state index in [-0.39, 0.29) is 18.2 Å². The molecule has 0 aliphatic carbocycles. The number of ether oxygens (including phenoxy) is 2. The molecule has 7 heteroatoms. The Morgan fingerprint density at radius 1 is 0.964 bits per heavy atom. The maximum Gasteiger partial charge on any atom is 0.256 e. The number of rotatable bonds is 5. The average molecular weight is 381 g/mol. The smallest absolute Gasteiger partial charge is 0.256 e. The maximum absolute atomic E-state index is 12.8. The van der Waals surface area contributed by atoms with Crippen molar-refractivity contribution in [1.29, 1.82) is 0 Å². The van der Waals surface area contributed by atoms with Crippen LogP contribution in [0.15, 0.2) is 48.5 Å². The van der Waals surface area contributed by atoms with Gasteiger partial charge in [0.15, 0.2) is 0 Å². The van der Waals surface area contributed by atoms with Gasteiger partial charge < -0.3 is 19.7 Å². The fourth-order valence-electron chi connectivity index (χ4n) is 3.54. The van der Waals surface area contributed by atoms with Gasteiger partial charge in [-0.2, -0.15) is 0 Å². The fourth-order valence-corrected chi connectivity index (χ4v) is 3.54. The van der Waals surface area contributed by atoms with Crippen molar-refractivity contribution in [1.82, 2.24) is 0 Å². The van der Waals surface area contributed by atoms with Crippen molar-refractivity contribution in [2.45, 2.75) is 12.5 Å². The molecule has 0 saturated carbocycles. The highest BCUT2D eigenvalue weighted by Crippen LogP contribution is 2.27. The lowest BCUT2D eigenvalue weighted by atomic mass is 10.2. The highest BCUT2D eigenvalue weighted by molar-refractivity contribution is 6.23. The van der Waals surface area contributed by atoms with Crippen molar-refractivity contribution < 1.29 is 19.1 Å². The van der Waals surface area contributed by atoms with Gasteiger partial charge in [-0.3, -0.25) is 9.59 Å². The zero-order valence-corrected chi connectivity index (χ0v) is 15.8. The van der Waals surface area contributed by atoms with E-state index in [1.54, 1.807) is 31.4 Å². The highest BCUT2D eigenvalue weighted by Gasteiger charge is 2.39. The Labute approximate surface area is 163 Å². The van der Waals surface area contributed by atoms with Crippen LogP contribution in [0.1, 0.15) is 6.42 Å². The fraction of sp³-hybridized carbons (Fsp3) is 0.333. The third kappa shape index (κ3) is 3.66. The molecule has 0 bridgehead atoms. The van der Waals surface area contributed by atoms with Crippen LogP contribution in [-0.2, 0) is 14.3 Å². The molecule has 0 radical (unpaired) electrons. The summed E-state index contributed by atoms with van der Waals surface area (Å²) in [7, 11) is 1.57. The summed E-state index contributed by atoms with van der Waals surface area (Å²) < 4.78 is 10.5. The summed E-state index contributed by atoms with van der Waals surface area (Å²) in [4.78, 5) is 28.7. The number of morpholine rings is 1. The number of carbonyl (C=O) groups is 2. The largest absolute Gasteiger partial charge is 0.497 e. The van der Waals surface area contributed by atoms with E-state index < -0.39 is 6.04 Å². The Hall–Kier alpha value is -3.06. The molecule has 2 heterocycles. The maximum atomic E-state index is 12.8. The third-order valence-corrected chi connectivity index (χ3v) is 5.06. The van der Waals surface area contributed by atoms with Crippen LogP contribution in [-0.4, -0.2) is 51.3 Å². The molecule has 1 unspecified atom stereocenters. The summed E-state index contributed by atoms with van der Waals surface area (Å²) >= 11 is 0. The lowest BCUT2D eigenvalue weighted by Gasteiger charge is -2.29. The predicted octanol–water partition coefficient (Wildman–Crippen LogP) is 2.28. The number of amides is 2. The van der Waals surface area contributed by atoms with E-state index in [2.05, 4.69) is 10.2 Å². The zero-order chi connectivity index (χ0) is 19.5. The third-order valence-electron chi connectivity index (χ3n) is 5.06. The molecule has 2 amide bonds. The molecule has 1 N–H and O–H groups in total. The van der Waals surface area contributed by atoms with Gasteiger partial charge in [0.05, 0.1) is 32.4 Å². The lowest BCUT2D eigenvalue weighted by Crippen LogP contribution is -2.36. The second-order valence-electron chi connectivity index (χ2n) is 6.81. The summed E-state index contributed by atoms with van der Waals surface area (Å²) in [6.45, 7) is 3.22. The molecule has 2 aromatic carbocycles. The SMILES string of the molecule is COc1ccc(N2C(=O)CC(Nc3ccc(N4CCOCC4)cc3)C2=O)cc1. The van der Waals surface area contributed by atoms with Crippen molar-refractivity contribution >= 4 is 28.9 Å². The number of hydrogen-bond acceptors (Lipinski definition) is 6. The first kappa shape index (κ1) is 18.3. The van der Waals surface area contributed by atoms with E-state index >= 15 is 0 Å². The van der Waals surface area contributed by atoms with Crippen molar-refractivity contribution in [3.8, 4) is 5.75 Å². The number of carbonyl (C=O) groups excluding carboxylic acids is 2. The van der Waals surface area contributed by atoms with Crippen molar-refractivity contribution in [3.63, 3.8) is 0 Å². The van der Waals surface area contributed by atoms with Crippen molar-refractivity contribution in [2.24, 2.45) is 0 Å². The van der Waals surface area contributed by atoms with Gasteiger partial charge in [-0.1, -0.05) is 0 Å². The molecule has 7 nitrogen and oxygen atoms in total. The molecule has 1 atom stereocenters. The van der Waals surface area contributed by atoms with Gasteiger partial charge in [-0.15, -0.1) is 0 Å². The molecular weight excluding hydrogens is 358 g/mol. The van der Waals surface area contributed by atoms with Gasteiger partial charge in [0.2, 0.25) is 5.91 Å². The predicted molar refractivity (Wildman–Crippen MR) is 107 cm³/mol. The first-order chi connectivity index (χ1) is 13.7. The van der Waals surface area contributed by atoms with Crippen LogP contribution in [0.25, 0.3) is 0 Å². The van der Waals surface area contributed by atoms with Gasteiger partial charge in [-0.05, 0) is 48.5 Å². The quantitative estimate of drug-likeness (QED) is 0.802. The first-order valence-corrected chi connectivity index (χ1v) is 9.36. The van der Waals surface area contributed by atoms with Crippen LogP contribution in [0, 0.1) is 0 Å². The molecule has 2 fully saturated rings. The lowest BCUT2D eigenvalue weighted by molar-refractivity contribution is -0.121. The molecule has 2 aliphatic heterocycles. The molecule has 2 aliphatic rings. The number of hydrogen-bond donors (Lipinski definition) is 1. The van der Waals surface area contributed by atoms with Crippen molar-refractivity contribution in [2.75, 3.05) is 48.5 Å². The minimum Gasteiger partial charge on any atom is -0.497 e. The van der Waals surface area contributed by atoms with E-state index in [4.69, 9.17) is 9.47 Å². The summed E-state index contributed by atoms with van der Waals surface area (Å²) in [6, 6.07) is 14.3. The van der Waals surface area contributed by atoms with E-state index in [1.165, 1.54) is 4.90 Å². The number of imide groups is 1. The zero-order valence-electron chi connectivity index (χ0n) is 15.8. The molecule has 0 spiro atoms. The van der Waals surface area contributed by atoms with E-state index in [9.17, 15) is 9.59 Å². The Balaban J connectivity index is 1.43. The molecule has 146 valence electrons. The molecule has 2 saturated heterocycles. The van der Waals surface area contributed by atoms with E-state index in [0.717, 1.165) is 37.7 Å². The summed E-state index contributed by atoms with van der Waals surface area (Å²) in [5.41, 5.74) is 2.50. The minimum atomic E-state index is -0.566. The van der Waals surface area contributed by atoms with E-state index in [1.807, 2.05) is 24.3 Å². The van der Waals surface area contributed by atoms with Crippen LogP contribution in [0.4, 0.5) is 17.1 Å². The normalized spacial score (nSPS) is 19.8. The van der Waals surface area contributed by atoms with Gasteiger partial charge in [0, 0.05) is 24.5 Å². The molecule has 4 rings (SSSR count). The molecule has 28 heavy (non-hydrogen) atoms. The molecular formula is C21H23N3O4. The van der Waals surface area contributed by atoms with Crippen LogP contribution in [0.3, 0.4) is 0 Å². The topological polar surface area (TPSA) is 71.1 Å². The van der Waals surface area contributed by atoms with Gasteiger partial charge in [-0.25, -0.2) is 4.90 Å². The van der Waals surface area contributed by atoms with Crippen LogP contribution in [0.5, 0.6) is 5.75 Å². The van der Waals surface area contributed by atoms with Gasteiger partial charge >= 0.3 is 0 Å². The Kier molecular flexibility index (Phi) is 5.16. The van der Waals surface area contributed by atoms with Crippen molar-refractivity contribution in [3.05, 3.63) is 48.5 Å². The Bertz CT molecular complexity index is 845.